The van der Waals surface area contributed by atoms with E-state index >= 15 is 0 Å². The molecule has 158 valence electrons. The van der Waals surface area contributed by atoms with E-state index in [0.29, 0.717) is 5.92 Å². The highest BCUT2D eigenvalue weighted by molar-refractivity contribution is 14.0. The van der Waals surface area contributed by atoms with Crippen molar-refractivity contribution in [2.24, 2.45) is 10.9 Å². The number of guanidine groups is 1. The van der Waals surface area contributed by atoms with Crippen molar-refractivity contribution in [2.45, 2.75) is 45.1 Å². The maximum Gasteiger partial charge on any atom is 0.190 e. The Labute approximate surface area is 188 Å². The molecule has 1 aromatic carbocycles. The highest BCUT2D eigenvalue weighted by Crippen LogP contribution is 2.22. The Bertz CT molecular complexity index is 580. The molecule has 6 heteroatoms. The molecule has 2 N–H and O–H groups in total. The Hall–Kier alpha value is -1.02. The second-order valence-corrected chi connectivity index (χ2v) is 8.05. The van der Waals surface area contributed by atoms with Gasteiger partial charge in [0.25, 0.3) is 0 Å². The normalized spacial score (nSPS) is 23.4. The lowest BCUT2D eigenvalue weighted by Crippen LogP contribution is -2.42. The summed E-state index contributed by atoms with van der Waals surface area (Å²) in [6.07, 6.45) is 6.54. The SMILES string of the molecule is CN=C(NCCCN1CCCCC1C)NCC1CCN(c2ccccc2)C1.I. The van der Waals surface area contributed by atoms with Crippen LogP contribution in [0.4, 0.5) is 5.69 Å². The number of para-hydroxylation sites is 1. The first-order valence-corrected chi connectivity index (χ1v) is 10.7. The molecule has 0 saturated carbocycles. The van der Waals surface area contributed by atoms with Crippen molar-refractivity contribution in [1.82, 2.24) is 15.5 Å². The van der Waals surface area contributed by atoms with Crippen LogP contribution in [-0.4, -0.2) is 63.2 Å². The molecule has 2 heterocycles. The molecular weight excluding hydrogens is 461 g/mol. The van der Waals surface area contributed by atoms with Gasteiger partial charge in [0.1, 0.15) is 0 Å². The van der Waals surface area contributed by atoms with Crippen LogP contribution in [0.2, 0.25) is 0 Å². The van der Waals surface area contributed by atoms with E-state index in [0.717, 1.165) is 38.2 Å². The molecule has 2 atom stereocenters. The van der Waals surface area contributed by atoms with E-state index in [2.05, 4.69) is 62.7 Å². The number of halogens is 1. The van der Waals surface area contributed by atoms with Crippen molar-refractivity contribution in [3.8, 4) is 0 Å². The van der Waals surface area contributed by atoms with Crippen LogP contribution < -0.4 is 15.5 Å². The zero-order chi connectivity index (χ0) is 18.9. The molecule has 0 aromatic heterocycles. The van der Waals surface area contributed by atoms with E-state index in [4.69, 9.17) is 0 Å². The highest BCUT2D eigenvalue weighted by Gasteiger charge is 2.22. The summed E-state index contributed by atoms with van der Waals surface area (Å²) in [5, 5.41) is 7.02. The van der Waals surface area contributed by atoms with Gasteiger partial charge in [-0.05, 0) is 57.2 Å². The average Bonchev–Trinajstić information content (AvgIpc) is 3.18. The molecule has 2 unspecified atom stereocenters. The fourth-order valence-corrected chi connectivity index (χ4v) is 4.31. The predicted octanol–water partition coefficient (Wildman–Crippen LogP) is 3.56. The lowest BCUT2D eigenvalue weighted by Gasteiger charge is -2.33. The summed E-state index contributed by atoms with van der Waals surface area (Å²) in [6, 6.07) is 11.5. The van der Waals surface area contributed by atoms with Gasteiger partial charge in [0.2, 0.25) is 0 Å². The van der Waals surface area contributed by atoms with Gasteiger partial charge in [0, 0.05) is 51.5 Å². The van der Waals surface area contributed by atoms with E-state index < -0.39 is 0 Å². The van der Waals surface area contributed by atoms with Crippen LogP contribution in [0.5, 0.6) is 0 Å². The van der Waals surface area contributed by atoms with Crippen molar-refractivity contribution in [2.75, 3.05) is 51.2 Å². The molecule has 28 heavy (non-hydrogen) atoms. The van der Waals surface area contributed by atoms with E-state index in [9.17, 15) is 0 Å². The van der Waals surface area contributed by atoms with Gasteiger partial charge in [-0.15, -0.1) is 24.0 Å². The van der Waals surface area contributed by atoms with Gasteiger partial charge in [-0.25, -0.2) is 0 Å². The number of nitrogens with one attached hydrogen (secondary N) is 2. The Balaban J connectivity index is 0.00000280. The number of likely N-dealkylation sites (tertiary alicyclic amines) is 1. The number of hydrogen-bond acceptors (Lipinski definition) is 3. The molecular formula is C22H38IN5. The smallest absolute Gasteiger partial charge is 0.190 e. The van der Waals surface area contributed by atoms with Crippen LogP contribution in [-0.2, 0) is 0 Å². The van der Waals surface area contributed by atoms with Crippen molar-refractivity contribution in [3.63, 3.8) is 0 Å². The maximum atomic E-state index is 4.39. The first-order valence-electron chi connectivity index (χ1n) is 10.7. The lowest BCUT2D eigenvalue weighted by atomic mass is 10.0. The summed E-state index contributed by atoms with van der Waals surface area (Å²) in [7, 11) is 1.87. The number of piperidine rings is 1. The summed E-state index contributed by atoms with van der Waals surface area (Å²) in [4.78, 5) is 9.52. The largest absolute Gasteiger partial charge is 0.371 e. The lowest BCUT2D eigenvalue weighted by molar-refractivity contribution is 0.159. The number of anilines is 1. The molecule has 0 aliphatic carbocycles. The first-order chi connectivity index (χ1) is 13.3. The van der Waals surface area contributed by atoms with Crippen LogP contribution in [0, 0.1) is 5.92 Å². The number of aliphatic imine (C=N–C) groups is 1. The Morgan fingerprint density at radius 3 is 2.68 bits per heavy atom. The van der Waals surface area contributed by atoms with Crippen molar-refractivity contribution in [1.29, 1.82) is 0 Å². The number of nitrogens with zero attached hydrogens (tertiary/aromatic N) is 3. The fraction of sp³-hybridized carbons (Fsp3) is 0.682. The predicted molar refractivity (Wildman–Crippen MR) is 131 cm³/mol. The number of benzene rings is 1. The minimum atomic E-state index is 0. The number of rotatable bonds is 7. The van der Waals surface area contributed by atoms with Crippen LogP contribution in [0.3, 0.4) is 0 Å². The summed E-state index contributed by atoms with van der Waals surface area (Å²) in [5.41, 5.74) is 1.34. The Morgan fingerprint density at radius 2 is 1.93 bits per heavy atom. The molecule has 0 amide bonds. The summed E-state index contributed by atoms with van der Waals surface area (Å²) in [5.74, 6) is 1.62. The second-order valence-electron chi connectivity index (χ2n) is 8.05. The molecule has 2 saturated heterocycles. The Kier molecular flexibility index (Phi) is 10.4. The molecule has 3 rings (SSSR count). The van der Waals surface area contributed by atoms with Crippen LogP contribution in [0.1, 0.15) is 39.0 Å². The molecule has 2 fully saturated rings. The van der Waals surface area contributed by atoms with E-state index in [1.807, 2.05) is 7.05 Å². The van der Waals surface area contributed by atoms with Gasteiger partial charge in [-0.3, -0.25) is 4.99 Å². The third-order valence-electron chi connectivity index (χ3n) is 6.04. The van der Waals surface area contributed by atoms with Crippen LogP contribution in [0.15, 0.2) is 35.3 Å². The zero-order valence-corrected chi connectivity index (χ0v) is 19.9. The minimum Gasteiger partial charge on any atom is -0.371 e. The first kappa shape index (κ1) is 23.3. The molecule has 2 aliphatic rings. The van der Waals surface area contributed by atoms with Crippen molar-refractivity contribution < 1.29 is 0 Å². The van der Waals surface area contributed by atoms with Crippen LogP contribution in [0.25, 0.3) is 0 Å². The van der Waals surface area contributed by atoms with Gasteiger partial charge >= 0.3 is 0 Å². The third kappa shape index (κ3) is 7.10. The van der Waals surface area contributed by atoms with Gasteiger partial charge in [0.05, 0.1) is 0 Å². The average molecular weight is 499 g/mol. The highest BCUT2D eigenvalue weighted by atomic mass is 127. The van der Waals surface area contributed by atoms with Crippen LogP contribution >= 0.6 is 24.0 Å². The summed E-state index contributed by atoms with van der Waals surface area (Å²) in [6.45, 7) is 9.09. The molecule has 5 nitrogen and oxygen atoms in total. The van der Waals surface area contributed by atoms with Gasteiger partial charge in [-0.1, -0.05) is 24.6 Å². The zero-order valence-electron chi connectivity index (χ0n) is 17.6. The Morgan fingerprint density at radius 1 is 1.11 bits per heavy atom. The van der Waals surface area contributed by atoms with E-state index in [-0.39, 0.29) is 24.0 Å². The summed E-state index contributed by atoms with van der Waals surface area (Å²) >= 11 is 0. The fourth-order valence-electron chi connectivity index (χ4n) is 4.31. The second kappa shape index (κ2) is 12.5. The van der Waals surface area contributed by atoms with Gasteiger partial charge < -0.3 is 20.4 Å². The molecule has 0 radical (unpaired) electrons. The van der Waals surface area contributed by atoms with E-state index in [1.165, 1.54) is 50.9 Å². The molecule has 0 spiro atoms. The monoisotopic (exact) mass is 499 g/mol. The molecule has 0 bridgehead atoms. The third-order valence-corrected chi connectivity index (χ3v) is 6.04. The standard InChI is InChI=1S/C22H37N5.HI/c1-19-9-6-7-14-26(19)15-8-13-24-22(23-2)25-17-20-12-16-27(18-20)21-10-4-3-5-11-21;/h3-5,10-11,19-20H,6-9,12-18H2,1-2H3,(H2,23,24,25);1H. The molecule has 1 aromatic rings. The quantitative estimate of drug-likeness (QED) is 0.261. The van der Waals surface area contributed by atoms with Gasteiger partial charge in [0.15, 0.2) is 5.96 Å². The topological polar surface area (TPSA) is 42.9 Å². The van der Waals surface area contributed by atoms with Crippen molar-refractivity contribution >= 4 is 35.6 Å². The van der Waals surface area contributed by atoms with E-state index in [1.54, 1.807) is 0 Å². The minimum absolute atomic E-state index is 0. The van der Waals surface area contributed by atoms with Gasteiger partial charge in [-0.2, -0.15) is 0 Å². The summed E-state index contributed by atoms with van der Waals surface area (Å²) < 4.78 is 0. The maximum absolute atomic E-state index is 4.39. The number of hydrogen-bond donors (Lipinski definition) is 2. The van der Waals surface area contributed by atoms with Crippen molar-refractivity contribution in [3.05, 3.63) is 30.3 Å². The molecule has 2 aliphatic heterocycles.